The molecule has 1 unspecified atom stereocenters. The van der Waals surface area contributed by atoms with Crippen LogP contribution in [0.5, 0.6) is 0 Å². The largest absolute Gasteiger partial charge is 0.481 e. The molecule has 0 spiro atoms. The van der Waals surface area contributed by atoms with E-state index in [4.69, 9.17) is 5.11 Å². The Hall–Kier alpha value is -1.35. The maximum atomic E-state index is 10.6. The van der Waals surface area contributed by atoms with E-state index >= 15 is 0 Å². The van der Waals surface area contributed by atoms with E-state index in [-0.39, 0.29) is 12.5 Å². The molecule has 88 valence electrons. The Labute approximate surface area is 96.5 Å². The summed E-state index contributed by atoms with van der Waals surface area (Å²) in [6, 6.07) is 6.27. The fourth-order valence-corrected chi connectivity index (χ4v) is 1.70. The standard InChI is InChI=1S/C13H19NO2/c1-9-4-5-11(6-10(9)2)7-12(14-3)8-13(15)16/h4-6,12,14H,7-8H2,1-3H3,(H,15,16). The summed E-state index contributed by atoms with van der Waals surface area (Å²) in [4.78, 5) is 10.6. The molecule has 3 heteroatoms. The van der Waals surface area contributed by atoms with Gasteiger partial charge in [0.2, 0.25) is 0 Å². The van der Waals surface area contributed by atoms with Gasteiger partial charge in [-0.2, -0.15) is 0 Å². The summed E-state index contributed by atoms with van der Waals surface area (Å²) in [5.41, 5.74) is 3.70. The van der Waals surface area contributed by atoms with Crippen LogP contribution in [0.1, 0.15) is 23.1 Å². The minimum absolute atomic E-state index is 0.000365. The van der Waals surface area contributed by atoms with Gasteiger partial charge in [-0.25, -0.2) is 0 Å². The van der Waals surface area contributed by atoms with Crippen molar-refractivity contribution in [2.24, 2.45) is 0 Å². The highest BCUT2D eigenvalue weighted by molar-refractivity contribution is 5.67. The van der Waals surface area contributed by atoms with Gasteiger partial charge in [0.15, 0.2) is 0 Å². The molecule has 0 radical (unpaired) electrons. The SMILES string of the molecule is CNC(CC(=O)O)Cc1ccc(C)c(C)c1. The molecule has 16 heavy (non-hydrogen) atoms. The topological polar surface area (TPSA) is 49.3 Å². The van der Waals surface area contributed by atoms with Crippen LogP contribution in [0.25, 0.3) is 0 Å². The lowest BCUT2D eigenvalue weighted by Crippen LogP contribution is -2.30. The van der Waals surface area contributed by atoms with Crippen LogP contribution in [0, 0.1) is 13.8 Å². The number of carboxylic acid groups (broad SMARTS) is 1. The van der Waals surface area contributed by atoms with Crippen molar-refractivity contribution in [2.45, 2.75) is 32.7 Å². The molecule has 0 bridgehead atoms. The van der Waals surface area contributed by atoms with Crippen LogP contribution >= 0.6 is 0 Å². The third-order valence-corrected chi connectivity index (χ3v) is 2.88. The molecule has 0 saturated carbocycles. The second-order valence-corrected chi connectivity index (χ2v) is 4.21. The lowest BCUT2D eigenvalue weighted by Gasteiger charge is -2.14. The average molecular weight is 221 g/mol. The minimum atomic E-state index is -0.761. The van der Waals surface area contributed by atoms with Crippen LogP contribution in [0.3, 0.4) is 0 Å². The Morgan fingerprint density at radius 2 is 2.06 bits per heavy atom. The molecule has 1 aromatic carbocycles. The number of nitrogens with one attached hydrogen (secondary N) is 1. The lowest BCUT2D eigenvalue weighted by atomic mass is 9.99. The zero-order valence-corrected chi connectivity index (χ0v) is 10.1. The van der Waals surface area contributed by atoms with Gasteiger partial charge in [0.05, 0.1) is 6.42 Å². The number of carbonyl (C=O) groups is 1. The Morgan fingerprint density at radius 1 is 1.38 bits per heavy atom. The van der Waals surface area contributed by atoms with Crippen LogP contribution in [-0.2, 0) is 11.2 Å². The van der Waals surface area contributed by atoms with Crippen molar-refractivity contribution in [1.29, 1.82) is 0 Å². The highest BCUT2D eigenvalue weighted by Crippen LogP contribution is 2.12. The van der Waals surface area contributed by atoms with E-state index in [1.54, 1.807) is 7.05 Å². The van der Waals surface area contributed by atoms with E-state index in [0.29, 0.717) is 0 Å². The van der Waals surface area contributed by atoms with E-state index in [9.17, 15) is 4.79 Å². The second-order valence-electron chi connectivity index (χ2n) is 4.21. The highest BCUT2D eigenvalue weighted by atomic mass is 16.4. The summed E-state index contributed by atoms with van der Waals surface area (Å²) in [6.45, 7) is 4.15. The maximum absolute atomic E-state index is 10.6. The van der Waals surface area contributed by atoms with Crippen molar-refractivity contribution in [3.8, 4) is 0 Å². The summed E-state index contributed by atoms with van der Waals surface area (Å²) < 4.78 is 0. The smallest absolute Gasteiger partial charge is 0.304 e. The molecule has 0 heterocycles. The van der Waals surface area contributed by atoms with Gasteiger partial charge in [0.1, 0.15) is 0 Å². The molecule has 0 amide bonds. The lowest BCUT2D eigenvalue weighted by molar-refractivity contribution is -0.137. The molecule has 0 saturated heterocycles. The van der Waals surface area contributed by atoms with Crippen LogP contribution in [0.2, 0.25) is 0 Å². The van der Waals surface area contributed by atoms with Crippen molar-refractivity contribution in [3.05, 3.63) is 34.9 Å². The van der Waals surface area contributed by atoms with Gasteiger partial charge in [-0.15, -0.1) is 0 Å². The molecule has 1 rings (SSSR count). The molecule has 1 atom stereocenters. The molecular formula is C13H19NO2. The molecule has 0 aliphatic heterocycles. The van der Waals surface area contributed by atoms with Crippen LogP contribution < -0.4 is 5.32 Å². The highest BCUT2D eigenvalue weighted by Gasteiger charge is 2.11. The Bertz CT molecular complexity index is 374. The van der Waals surface area contributed by atoms with Gasteiger partial charge in [0, 0.05) is 6.04 Å². The number of benzene rings is 1. The first-order valence-electron chi connectivity index (χ1n) is 5.48. The van der Waals surface area contributed by atoms with Crippen molar-refractivity contribution < 1.29 is 9.90 Å². The number of hydrogen-bond acceptors (Lipinski definition) is 2. The normalized spacial score (nSPS) is 12.4. The quantitative estimate of drug-likeness (QED) is 0.798. The summed E-state index contributed by atoms with van der Waals surface area (Å²) in [7, 11) is 1.80. The van der Waals surface area contributed by atoms with E-state index < -0.39 is 5.97 Å². The minimum Gasteiger partial charge on any atom is -0.481 e. The van der Waals surface area contributed by atoms with Gasteiger partial charge in [-0.05, 0) is 44.0 Å². The van der Waals surface area contributed by atoms with Gasteiger partial charge in [0.25, 0.3) is 0 Å². The van der Waals surface area contributed by atoms with Gasteiger partial charge in [-0.3, -0.25) is 4.79 Å². The number of aliphatic carboxylic acids is 1. The maximum Gasteiger partial charge on any atom is 0.304 e. The number of hydrogen-bond donors (Lipinski definition) is 2. The van der Waals surface area contributed by atoms with E-state index in [1.165, 1.54) is 16.7 Å². The van der Waals surface area contributed by atoms with Gasteiger partial charge < -0.3 is 10.4 Å². The van der Waals surface area contributed by atoms with E-state index in [1.807, 2.05) is 0 Å². The monoisotopic (exact) mass is 221 g/mol. The summed E-state index contributed by atoms with van der Waals surface area (Å²) >= 11 is 0. The third kappa shape index (κ3) is 3.66. The summed E-state index contributed by atoms with van der Waals surface area (Å²) in [5, 5.41) is 11.8. The summed E-state index contributed by atoms with van der Waals surface area (Å²) in [5.74, 6) is -0.761. The Kier molecular flexibility index (Phi) is 4.50. The third-order valence-electron chi connectivity index (χ3n) is 2.88. The van der Waals surface area contributed by atoms with Crippen molar-refractivity contribution >= 4 is 5.97 Å². The molecule has 3 nitrogen and oxygen atoms in total. The fourth-order valence-electron chi connectivity index (χ4n) is 1.70. The molecule has 0 aliphatic rings. The summed E-state index contributed by atoms with van der Waals surface area (Å²) in [6.07, 6.45) is 0.910. The van der Waals surface area contributed by atoms with Gasteiger partial charge in [-0.1, -0.05) is 18.2 Å². The Morgan fingerprint density at radius 3 is 2.56 bits per heavy atom. The van der Waals surface area contributed by atoms with Crippen molar-refractivity contribution in [1.82, 2.24) is 5.32 Å². The fraction of sp³-hybridized carbons (Fsp3) is 0.462. The predicted molar refractivity (Wildman–Crippen MR) is 64.7 cm³/mol. The Balaban J connectivity index is 2.70. The van der Waals surface area contributed by atoms with E-state index in [2.05, 4.69) is 37.4 Å². The van der Waals surface area contributed by atoms with Crippen molar-refractivity contribution in [2.75, 3.05) is 7.05 Å². The van der Waals surface area contributed by atoms with Crippen LogP contribution in [-0.4, -0.2) is 24.2 Å². The molecule has 0 aliphatic carbocycles. The molecular weight excluding hydrogens is 202 g/mol. The van der Waals surface area contributed by atoms with Gasteiger partial charge >= 0.3 is 5.97 Å². The first kappa shape index (κ1) is 12.7. The number of carboxylic acids is 1. The zero-order chi connectivity index (χ0) is 12.1. The first-order valence-corrected chi connectivity index (χ1v) is 5.48. The van der Waals surface area contributed by atoms with Crippen molar-refractivity contribution in [3.63, 3.8) is 0 Å². The molecule has 2 N–H and O–H groups in total. The molecule has 0 fully saturated rings. The van der Waals surface area contributed by atoms with Crippen LogP contribution in [0.15, 0.2) is 18.2 Å². The average Bonchev–Trinajstić information content (AvgIpc) is 2.22. The molecule has 1 aromatic rings. The number of rotatable bonds is 5. The zero-order valence-electron chi connectivity index (χ0n) is 10.1. The van der Waals surface area contributed by atoms with Crippen LogP contribution in [0.4, 0.5) is 0 Å². The first-order chi connectivity index (χ1) is 7.52. The molecule has 0 aromatic heterocycles. The van der Waals surface area contributed by atoms with E-state index in [0.717, 1.165) is 6.42 Å². The second kappa shape index (κ2) is 5.66. The predicted octanol–water partition coefficient (Wildman–Crippen LogP) is 1.91. The number of aryl methyl sites for hydroxylation is 2. The number of likely N-dealkylation sites (N-methyl/N-ethyl adjacent to an activating group) is 1.